The lowest BCUT2D eigenvalue weighted by Gasteiger charge is -2.08. The Kier molecular flexibility index (Phi) is 3.94. The van der Waals surface area contributed by atoms with Crippen LogP contribution >= 0.6 is 11.6 Å². The summed E-state index contributed by atoms with van der Waals surface area (Å²) in [7, 11) is 1.63. The Labute approximate surface area is 133 Å². The van der Waals surface area contributed by atoms with E-state index >= 15 is 0 Å². The van der Waals surface area contributed by atoms with Crippen LogP contribution in [0.2, 0.25) is 5.02 Å². The van der Waals surface area contributed by atoms with E-state index in [0.29, 0.717) is 10.7 Å². The van der Waals surface area contributed by atoms with Crippen molar-refractivity contribution in [3.63, 3.8) is 0 Å². The Morgan fingerprint density at radius 2 is 1.73 bits per heavy atom. The van der Waals surface area contributed by atoms with Crippen LogP contribution < -0.4 is 10.5 Å². The molecule has 0 bridgehead atoms. The van der Waals surface area contributed by atoms with Gasteiger partial charge in [0.25, 0.3) is 0 Å². The fraction of sp³-hybridized carbons (Fsp3) is 0.0588. The number of nitrogens with two attached hydrogens (primary N) is 1. The van der Waals surface area contributed by atoms with Gasteiger partial charge in [0.1, 0.15) is 5.75 Å². The van der Waals surface area contributed by atoms with E-state index in [1.54, 1.807) is 7.11 Å². The first-order valence-electron chi connectivity index (χ1n) is 6.71. The molecule has 2 aromatic carbocycles. The molecule has 0 saturated carbocycles. The van der Waals surface area contributed by atoms with Crippen molar-refractivity contribution in [2.75, 3.05) is 12.8 Å². The third-order valence-corrected chi connectivity index (χ3v) is 3.59. The minimum Gasteiger partial charge on any atom is -0.497 e. The van der Waals surface area contributed by atoms with Crippen molar-refractivity contribution in [3.8, 4) is 28.3 Å². The molecule has 0 aliphatic carbocycles. The van der Waals surface area contributed by atoms with E-state index in [4.69, 9.17) is 22.1 Å². The monoisotopic (exact) mass is 311 g/mol. The van der Waals surface area contributed by atoms with Gasteiger partial charge in [-0.05, 0) is 24.3 Å². The molecule has 5 heteroatoms. The second kappa shape index (κ2) is 6.03. The Morgan fingerprint density at radius 3 is 2.50 bits per heavy atom. The average molecular weight is 312 g/mol. The molecule has 0 unspecified atom stereocenters. The Bertz CT molecular complexity index is 821. The summed E-state index contributed by atoms with van der Waals surface area (Å²) in [6.45, 7) is 0. The summed E-state index contributed by atoms with van der Waals surface area (Å²) in [5.41, 5.74) is 9.00. The summed E-state index contributed by atoms with van der Waals surface area (Å²) in [5, 5.41) is 0.622. The minimum atomic E-state index is 0.204. The highest BCUT2D eigenvalue weighted by molar-refractivity contribution is 6.33. The van der Waals surface area contributed by atoms with Gasteiger partial charge in [0.15, 0.2) is 0 Å². The number of nitrogens with zero attached hydrogens (tertiary/aromatic N) is 2. The van der Waals surface area contributed by atoms with Crippen LogP contribution in [0, 0.1) is 0 Å². The van der Waals surface area contributed by atoms with E-state index in [1.165, 1.54) is 0 Å². The molecule has 2 N–H and O–H groups in total. The van der Waals surface area contributed by atoms with Crippen molar-refractivity contribution in [2.24, 2.45) is 0 Å². The van der Waals surface area contributed by atoms with Gasteiger partial charge >= 0.3 is 0 Å². The van der Waals surface area contributed by atoms with Crippen molar-refractivity contribution in [3.05, 3.63) is 59.6 Å². The number of ether oxygens (including phenoxy) is 1. The minimum absolute atomic E-state index is 0.204. The normalized spacial score (nSPS) is 10.5. The molecule has 0 aliphatic heterocycles. The van der Waals surface area contributed by atoms with Crippen LogP contribution in [-0.4, -0.2) is 17.1 Å². The standard InChI is InChI=1S/C17H14ClN3O/c1-22-12-6-4-5-11(9-12)15-10-16(21-17(19)20-15)13-7-2-3-8-14(13)18/h2-10H,1H3,(H2,19,20,21). The van der Waals surface area contributed by atoms with Crippen LogP contribution in [0.15, 0.2) is 54.6 Å². The number of hydrogen-bond donors (Lipinski definition) is 1. The van der Waals surface area contributed by atoms with Gasteiger partial charge in [0, 0.05) is 16.1 Å². The summed E-state index contributed by atoms with van der Waals surface area (Å²) < 4.78 is 5.24. The zero-order valence-corrected chi connectivity index (χ0v) is 12.7. The number of hydrogen-bond acceptors (Lipinski definition) is 4. The predicted molar refractivity (Wildman–Crippen MR) is 88.9 cm³/mol. The molecule has 0 fully saturated rings. The topological polar surface area (TPSA) is 61.0 Å². The third kappa shape index (κ3) is 2.87. The smallest absolute Gasteiger partial charge is 0.221 e. The van der Waals surface area contributed by atoms with Gasteiger partial charge in [-0.15, -0.1) is 0 Å². The summed E-state index contributed by atoms with van der Waals surface area (Å²) >= 11 is 6.24. The molecular weight excluding hydrogens is 298 g/mol. The molecule has 1 aromatic heterocycles. The molecule has 0 atom stereocenters. The van der Waals surface area contributed by atoms with Gasteiger partial charge in [-0.2, -0.15) is 0 Å². The van der Waals surface area contributed by atoms with Gasteiger partial charge in [-0.3, -0.25) is 0 Å². The Hall–Kier alpha value is -2.59. The fourth-order valence-electron chi connectivity index (χ4n) is 2.20. The van der Waals surface area contributed by atoms with Crippen molar-refractivity contribution in [1.29, 1.82) is 0 Å². The largest absolute Gasteiger partial charge is 0.497 e. The molecule has 3 rings (SSSR count). The first-order chi connectivity index (χ1) is 10.7. The lowest BCUT2D eigenvalue weighted by molar-refractivity contribution is 0.415. The van der Waals surface area contributed by atoms with Crippen molar-refractivity contribution in [2.45, 2.75) is 0 Å². The predicted octanol–water partition coefficient (Wildman–Crippen LogP) is 4.05. The highest BCUT2D eigenvalue weighted by atomic mass is 35.5. The zero-order valence-electron chi connectivity index (χ0n) is 12.0. The number of rotatable bonds is 3. The maximum atomic E-state index is 6.24. The molecule has 0 spiro atoms. The summed E-state index contributed by atoms with van der Waals surface area (Å²) in [6.07, 6.45) is 0. The van der Waals surface area contributed by atoms with Gasteiger partial charge in [-0.25, -0.2) is 9.97 Å². The number of aromatic nitrogens is 2. The lowest BCUT2D eigenvalue weighted by atomic mass is 10.1. The van der Waals surface area contributed by atoms with Crippen LogP contribution in [0.25, 0.3) is 22.5 Å². The second-order valence-electron chi connectivity index (χ2n) is 4.71. The highest BCUT2D eigenvalue weighted by Gasteiger charge is 2.10. The van der Waals surface area contributed by atoms with Gasteiger partial charge < -0.3 is 10.5 Å². The summed E-state index contributed by atoms with van der Waals surface area (Å²) in [5.74, 6) is 0.962. The van der Waals surface area contributed by atoms with Crippen molar-refractivity contribution >= 4 is 17.5 Å². The molecule has 1 heterocycles. The number of nitrogen functional groups attached to an aromatic ring is 1. The molecule has 4 nitrogen and oxygen atoms in total. The van der Waals surface area contributed by atoms with E-state index in [9.17, 15) is 0 Å². The van der Waals surface area contributed by atoms with Gasteiger partial charge in [0.05, 0.1) is 18.5 Å². The molecule has 110 valence electrons. The van der Waals surface area contributed by atoms with Gasteiger partial charge in [-0.1, -0.05) is 41.9 Å². The van der Waals surface area contributed by atoms with Crippen LogP contribution in [0.3, 0.4) is 0 Å². The molecule has 0 radical (unpaired) electrons. The van der Waals surface area contributed by atoms with Crippen LogP contribution in [-0.2, 0) is 0 Å². The number of benzene rings is 2. The Balaban J connectivity index is 2.12. The fourth-order valence-corrected chi connectivity index (χ4v) is 2.44. The van der Waals surface area contributed by atoms with E-state index in [-0.39, 0.29) is 5.95 Å². The van der Waals surface area contributed by atoms with Crippen molar-refractivity contribution in [1.82, 2.24) is 9.97 Å². The summed E-state index contributed by atoms with van der Waals surface area (Å²) in [4.78, 5) is 8.59. The molecule has 22 heavy (non-hydrogen) atoms. The number of methoxy groups -OCH3 is 1. The quantitative estimate of drug-likeness (QED) is 0.792. The molecule has 0 saturated heterocycles. The highest BCUT2D eigenvalue weighted by Crippen LogP contribution is 2.30. The van der Waals surface area contributed by atoms with Crippen molar-refractivity contribution < 1.29 is 4.74 Å². The number of halogens is 1. The summed E-state index contributed by atoms with van der Waals surface area (Å²) in [6, 6.07) is 17.0. The SMILES string of the molecule is COc1cccc(-c2cc(-c3ccccc3Cl)nc(N)n2)c1. The maximum Gasteiger partial charge on any atom is 0.221 e. The molecule has 3 aromatic rings. The molecule has 0 aliphatic rings. The zero-order chi connectivity index (χ0) is 15.5. The van der Waals surface area contributed by atoms with Crippen LogP contribution in [0.1, 0.15) is 0 Å². The van der Waals surface area contributed by atoms with E-state index < -0.39 is 0 Å². The maximum absolute atomic E-state index is 6.24. The first-order valence-corrected chi connectivity index (χ1v) is 7.09. The third-order valence-electron chi connectivity index (χ3n) is 3.26. The molecular formula is C17H14ClN3O. The first kappa shape index (κ1) is 14.4. The van der Waals surface area contributed by atoms with E-state index in [1.807, 2.05) is 54.6 Å². The van der Waals surface area contributed by atoms with Gasteiger partial charge in [0.2, 0.25) is 5.95 Å². The Morgan fingerprint density at radius 1 is 0.955 bits per heavy atom. The van der Waals surface area contributed by atoms with Crippen LogP contribution in [0.4, 0.5) is 5.95 Å². The second-order valence-corrected chi connectivity index (χ2v) is 5.12. The molecule has 0 amide bonds. The lowest BCUT2D eigenvalue weighted by Crippen LogP contribution is -1.99. The number of anilines is 1. The average Bonchev–Trinajstić information content (AvgIpc) is 2.55. The van der Waals surface area contributed by atoms with E-state index in [0.717, 1.165) is 22.6 Å². The van der Waals surface area contributed by atoms with E-state index in [2.05, 4.69) is 9.97 Å². The van der Waals surface area contributed by atoms with Crippen LogP contribution in [0.5, 0.6) is 5.75 Å².